The lowest BCUT2D eigenvalue weighted by Gasteiger charge is -2.00. The molecule has 0 aromatic carbocycles. The van der Waals surface area contributed by atoms with Crippen molar-refractivity contribution >= 4 is 5.78 Å². The van der Waals surface area contributed by atoms with E-state index in [4.69, 9.17) is 0 Å². The molecule has 0 saturated carbocycles. The summed E-state index contributed by atoms with van der Waals surface area (Å²) in [5.41, 5.74) is 1.03. The van der Waals surface area contributed by atoms with E-state index in [-0.39, 0.29) is 5.78 Å². The summed E-state index contributed by atoms with van der Waals surface area (Å²) in [6.45, 7) is 2.63. The van der Waals surface area contributed by atoms with Gasteiger partial charge >= 0.3 is 0 Å². The molecule has 0 aliphatic carbocycles. The predicted molar refractivity (Wildman–Crippen MR) is 54.5 cm³/mol. The molecule has 0 spiro atoms. The summed E-state index contributed by atoms with van der Waals surface area (Å²) >= 11 is 0. The van der Waals surface area contributed by atoms with Crippen molar-refractivity contribution in [1.29, 1.82) is 0 Å². The SMILES string of the molecule is CCn1nccc1C(=O)c1ccn(C)n1. The van der Waals surface area contributed by atoms with Crippen LogP contribution in [0.3, 0.4) is 0 Å². The second kappa shape index (κ2) is 3.68. The summed E-state index contributed by atoms with van der Waals surface area (Å²) in [6, 6.07) is 3.41. The van der Waals surface area contributed by atoms with E-state index in [1.54, 1.807) is 40.9 Å². The van der Waals surface area contributed by atoms with E-state index in [0.29, 0.717) is 17.9 Å². The summed E-state index contributed by atoms with van der Waals surface area (Å²) in [7, 11) is 1.79. The molecule has 5 heteroatoms. The van der Waals surface area contributed by atoms with Crippen molar-refractivity contribution in [3.63, 3.8) is 0 Å². The van der Waals surface area contributed by atoms with Crippen LogP contribution >= 0.6 is 0 Å². The van der Waals surface area contributed by atoms with E-state index in [9.17, 15) is 4.79 Å². The van der Waals surface area contributed by atoms with Crippen molar-refractivity contribution in [1.82, 2.24) is 19.6 Å². The number of aryl methyl sites for hydroxylation is 2. The van der Waals surface area contributed by atoms with Crippen LogP contribution in [0.15, 0.2) is 24.5 Å². The van der Waals surface area contributed by atoms with Gasteiger partial charge in [0.25, 0.3) is 0 Å². The Morgan fingerprint density at radius 2 is 2.27 bits per heavy atom. The van der Waals surface area contributed by atoms with Gasteiger partial charge in [-0.3, -0.25) is 14.2 Å². The van der Waals surface area contributed by atoms with Gasteiger partial charge in [-0.15, -0.1) is 0 Å². The summed E-state index contributed by atoms with van der Waals surface area (Å²) in [5, 5.41) is 8.12. The molecule has 2 aromatic rings. The van der Waals surface area contributed by atoms with E-state index in [2.05, 4.69) is 10.2 Å². The number of rotatable bonds is 3. The average molecular weight is 204 g/mol. The van der Waals surface area contributed by atoms with E-state index < -0.39 is 0 Å². The van der Waals surface area contributed by atoms with Crippen LogP contribution in [-0.4, -0.2) is 25.3 Å². The molecule has 0 unspecified atom stereocenters. The average Bonchev–Trinajstić information content (AvgIpc) is 2.84. The van der Waals surface area contributed by atoms with Crippen molar-refractivity contribution in [3.8, 4) is 0 Å². The van der Waals surface area contributed by atoms with Crippen molar-refractivity contribution < 1.29 is 4.79 Å². The molecular weight excluding hydrogens is 192 g/mol. The zero-order valence-electron chi connectivity index (χ0n) is 8.71. The number of ketones is 1. The molecule has 0 fully saturated rings. The van der Waals surface area contributed by atoms with Crippen LogP contribution < -0.4 is 0 Å². The lowest BCUT2D eigenvalue weighted by molar-refractivity contribution is 0.102. The maximum Gasteiger partial charge on any atom is 0.231 e. The predicted octanol–water partition coefficient (Wildman–Crippen LogP) is 0.867. The number of hydrogen-bond donors (Lipinski definition) is 0. The van der Waals surface area contributed by atoms with E-state index in [0.717, 1.165) is 0 Å². The van der Waals surface area contributed by atoms with Gasteiger partial charge in [-0.2, -0.15) is 10.2 Å². The molecule has 0 amide bonds. The van der Waals surface area contributed by atoms with Gasteiger partial charge in [0.1, 0.15) is 11.4 Å². The molecule has 2 aromatic heterocycles. The molecule has 0 saturated heterocycles. The lowest BCUT2D eigenvalue weighted by Crippen LogP contribution is -2.11. The number of nitrogens with zero attached hydrogens (tertiary/aromatic N) is 4. The van der Waals surface area contributed by atoms with Crippen molar-refractivity contribution in [2.75, 3.05) is 0 Å². The van der Waals surface area contributed by atoms with Crippen LogP contribution in [0.2, 0.25) is 0 Å². The van der Waals surface area contributed by atoms with Gasteiger partial charge in [0.2, 0.25) is 5.78 Å². The highest BCUT2D eigenvalue weighted by Gasteiger charge is 2.15. The molecule has 15 heavy (non-hydrogen) atoms. The monoisotopic (exact) mass is 204 g/mol. The Bertz CT molecular complexity index is 483. The molecule has 0 radical (unpaired) electrons. The summed E-state index contributed by atoms with van der Waals surface area (Å²) in [4.78, 5) is 12.0. The van der Waals surface area contributed by atoms with Crippen LogP contribution in [0.25, 0.3) is 0 Å². The minimum Gasteiger partial charge on any atom is -0.285 e. The number of carbonyl (C=O) groups is 1. The standard InChI is InChI=1S/C10H12N4O/c1-3-14-9(4-6-11-14)10(15)8-5-7-13(2)12-8/h4-7H,3H2,1-2H3. The molecule has 0 bridgehead atoms. The van der Waals surface area contributed by atoms with Gasteiger partial charge in [-0.1, -0.05) is 0 Å². The molecule has 5 nitrogen and oxygen atoms in total. The lowest BCUT2D eigenvalue weighted by atomic mass is 10.2. The molecule has 78 valence electrons. The Morgan fingerprint density at radius 1 is 1.47 bits per heavy atom. The van der Waals surface area contributed by atoms with Crippen molar-refractivity contribution in [3.05, 3.63) is 35.9 Å². The van der Waals surface area contributed by atoms with Crippen LogP contribution in [0.5, 0.6) is 0 Å². The van der Waals surface area contributed by atoms with E-state index in [1.807, 2.05) is 6.92 Å². The minimum absolute atomic E-state index is 0.0880. The summed E-state index contributed by atoms with van der Waals surface area (Å²) in [6.07, 6.45) is 3.37. The van der Waals surface area contributed by atoms with Crippen LogP contribution in [0, 0.1) is 0 Å². The maximum absolute atomic E-state index is 12.0. The minimum atomic E-state index is -0.0880. The third-order valence-corrected chi connectivity index (χ3v) is 2.19. The van der Waals surface area contributed by atoms with Crippen LogP contribution in [0.4, 0.5) is 0 Å². The third-order valence-electron chi connectivity index (χ3n) is 2.19. The number of carbonyl (C=O) groups excluding carboxylic acids is 1. The van der Waals surface area contributed by atoms with E-state index >= 15 is 0 Å². The molecule has 2 heterocycles. The fourth-order valence-electron chi connectivity index (χ4n) is 1.44. The van der Waals surface area contributed by atoms with Gasteiger partial charge < -0.3 is 0 Å². The fraction of sp³-hybridized carbons (Fsp3) is 0.300. The van der Waals surface area contributed by atoms with E-state index in [1.165, 1.54) is 0 Å². The first-order valence-electron chi connectivity index (χ1n) is 4.78. The number of aromatic nitrogens is 4. The van der Waals surface area contributed by atoms with Gasteiger partial charge in [-0.25, -0.2) is 0 Å². The fourth-order valence-corrected chi connectivity index (χ4v) is 1.44. The number of hydrogen-bond acceptors (Lipinski definition) is 3. The highest BCUT2D eigenvalue weighted by Crippen LogP contribution is 2.06. The van der Waals surface area contributed by atoms with Gasteiger partial charge in [0.15, 0.2) is 0 Å². The summed E-state index contributed by atoms with van der Waals surface area (Å²) < 4.78 is 3.27. The quantitative estimate of drug-likeness (QED) is 0.697. The molecule has 0 atom stereocenters. The Hall–Kier alpha value is -1.91. The first-order valence-corrected chi connectivity index (χ1v) is 4.78. The van der Waals surface area contributed by atoms with Gasteiger partial charge in [0, 0.05) is 26.0 Å². The molecular formula is C10H12N4O. The zero-order chi connectivity index (χ0) is 10.8. The van der Waals surface area contributed by atoms with Crippen LogP contribution in [-0.2, 0) is 13.6 Å². The smallest absolute Gasteiger partial charge is 0.231 e. The Balaban J connectivity index is 2.36. The first kappa shape index (κ1) is 9.64. The van der Waals surface area contributed by atoms with Crippen molar-refractivity contribution in [2.45, 2.75) is 13.5 Å². The van der Waals surface area contributed by atoms with Gasteiger partial charge in [0.05, 0.1) is 0 Å². The zero-order valence-corrected chi connectivity index (χ0v) is 8.71. The van der Waals surface area contributed by atoms with Crippen LogP contribution in [0.1, 0.15) is 23.1 Å². The molecule has 0 aliphatic rings. The Morgan fingerprint density at radius 3 is 2.87 bits per heavy atom. The topological polar surface area (TPSA) is 52.7 Å². The Labute approximate surface area is 87.3 Å². The maximum atomic E-state index is 12.0. The summed E-state index contributed by atoms with van der Waals surface area (Å²) in [5.74, 6) is -0.0880. The molecule has 0 aliphatic heterocycles. The first-order chi connectivity index (χ1) is 7.22. The normalized spacial score (nSPS) is 10.5. The highest BCUT2D eigenvalue weighted by molar-refractivity contribution is 6.06. The highest BCUT2D eigenvalue weighted by atomic mass is 16.1. The largest absolute Gasteiger partial charge is 0.285 e. The Kier molecular flexibility index (Phi) is 2.37. The molecule has 0 N–H and O–H groups in total. The second-order valence-corrected chi connectivity index (χ2v) is 3.24. The molecule has 2 rings (SSSR count). The second-order valence-electron chi connectivity index (χ2n) is 3.24. The third kappa shape index (κ3) is 1.68. The van der Waals surface area contributed by atoms with Crippen molar-refractivity contribution in [2.24, 2.45) is 7.05 Å². The van der Waals surface area contributed by atoms with Gasteiger partial charge in [-0.05, 0) is 19.1 Å².